The fourth-order valence-electron chi connectivity index (χ4n) is 1.69. The molecule has 0 aromatic carbocycles. The van der Waals surface area contributed by atoms with Crippen molar-refractivity contribution in [3.8, 4) is 0 Å². The highest BCUT2D eigenvalue weighted by atomic mass is 16.5. The van der Waals surface area contributed by atoms with Crippen molar-refractivity contribution in [2.75, 3.05) is 13.7 Å². The Bertz CT molecular complexity index is 141. The van der Waals surface area contributed by atoms with Gasteiger partial charge in [0.1, 0.15) is 0 Å². The molecule has 3 nitrogen and oxygen atoms in total. The quantitative estimate of drug-likeness (QED) is 0.637. The Morgan fingerprint density at radius 3 is 2.42 bits per heavy atom. The second-order valence-corrected chi connectivity index (χ2v) is 3.69. The van der Waals surface area contributed by atoms with Gasteiger partial charge in [-0.15, -0.1) is 0 Å². The van der Waals surface area contributed by atoms with Crippen molar-refractivity contribution >= 4 is 0 Å². The van der Waals surface area contributed by atoms with Crippen LogP contribution in [-0.4, -0.2) is 31.0 Å². The van der Waals surface area contributed by atoms with Crippen LogP contribution in [0.15, 0.2) is 0 Å². The SMILES string of the molecule is CCC(OC)C(O)C1(CN)CC1. The summed E-state index contributed by atoms with van der Waals surface area (Å²) in [4.78, 5) is 0. The minimum Gasteiger partial charge on any atom is -0.390 e. The summed E-state index contributed by atoms with van der Waals surface area (Å²) in [7, 11) is 1.64. The molecular formula is C9H19NO2. The van der Waals surface area contributed by atoms with E-state index in [1.54, 1.807) is 7.11 Å². The van der Waals surface area contributed by atoms with Crippen molar-refractivity contribution in [1.29, 1.82) is 0 Å². The summed E-state index contributed by atoms with van der Waals surface area (Å²) in [6, 6.07) is 0. The van der Waals surface area contributed by atoms with E-state index in [2.05, 4.69) is 0 Å². The normalized spacial score (nSPS) is 25.0. The topological polar surface area (TPSA) is 55.5 Å². The lowest BCUT2D eigenvalue weighted by molar-refractivity contribution is -0.0489. The minimum absolute atomic E-state index is 0.0172. The molecule has 0 aromatic heterocycles. The number of hydrogen-bond donors (Lipinski definition) is 2. The summed E-state index contributed by atoms with van der Waals surface area (Å²) in [5, 5.41) is 9.89. The number of aliphatic hydroxyl groups excluding tert-OH is 1. The molecule has 0 bridgehead atoms. The van der Waals surface area contributed by atoms with E-state index < -0.39 is 0 Å². The van der Waals surface area contributed by atoms with Crippen LogP contribution in [0, 0.1) is 5.41 Å². The first-order valence-electron chi connectivity index (χ1n) is 4.61. The van der Waals surface area contributed by atoms with Gasteiger partial charge >= 0.3 is 0 Å². The molecule has 72 valence electrons. The van der Waals surface area contributed by atoms with Gasteiger partial charge in [-0.05, 0) is 19.3 Å². The molecule has 3 N–H and O–H groups in total. The summed E-state index contributed by atoms with van der Waals surface area (Å²) in [5.74, 6) is 0. The van der Waals surface area contributed by atoms with Crippen LogP contribution in [0.3, 0.4) is 0 Å². The first kappa shape index (κ1) is 9.96. The molecule has 1 aliphatic carbocycles. The number of nitrogens with two attached hydrogens (primary N) is 1. The van der Waals surface area contributed by atoms with Crippen LogP contribution in [0.25, 0.3) is 0 Å². The van der Waals surface area contributed by atoms with Gasteiger partial charge in [0, 0.05) is 19.1 Å². The summed E-state index contributed by atoms with van der Waals surface area (Å²) < 4.78 is 5.18. The summed E-state index contributed by atoms with van der Waals surface area (Å²) in [5.41, 5.74) is 5.58. The van der Waals surface area contributed by atoms with E-state index in [4.69, 9.17) is 10.5 Å². The van der Waals surface area contributed by atoms with E-state index >= 15 is 0 Å². The fraction of sp³-hybridized carbons (Fsp3) is 1.00. The summed E-state index contributed by atoms with van der Waals surface area (Å²) in [6.07, 6.45) is 2.52. The molecule has 2 unspecified atom stereocenters. The highest BCUT2D eigenvalue weighted by Crippen LogP contribution is 2.49. The lowest BCUT2D eigenvalue weighted by Gasteiger charge is -2.27. The fourth-order valence-corrected chi connectivity index (χ4v) is 1.69. The highest BCUT2D eigenvalue weighted by Gasteiger charge is 2.50. The van der Waals surface area contributed by atoms with Gasteiger partial charge in [-0.1, -0.05) is 6.92 Å². The average molecular weight is 173 g/mol. The van der Waals surface area contributed by atoms with E-state index in [9.17, 15) is 5.11 Å². The minimum atomic E-state index is -0.377. The van der Waals surface area contributed by atoms with Crippen molar-refractivity contribution in [2.45, 2.75) is 38.4 Å². The molecule has 1 aliphatic rings. The molecule has 0 heterocycles. The van der Waals surface area contributed by atoms with E-state index in [1.165, 1.54) is 0 Å². The molecule has 1 saturated carbocycles. The first-order chi connectivity index (χ1) is 5.70. The highest BCUT2D eigenvalue weighted by molar-refractivity contribution is 5.02. The molecule has 0 amide bonds. The Balaban J connectivity index is 2.50. The maximum absolute atomic E-state index is 9.89. The van der Waals surface area contributed by atoms with Crippen LogP contribution in [0.4, 0.5) is 0 Å². The van der Waals surface area contributed by atoms with Crippen LogP contribution in [0.2, 0.25) is 0 Å². The van der Waals surface area contributed by atoms with Crippen molar-refractivity contribution in [3.05, 3.63) is 0 Å². The van der Waals surface area contributed by atoms with E-state index in [1.807, 2.05) is 6.92 Å². The number of aliphatic hydroxyl groups is 1. The van der Waals surface area contributed by atoms with E-state index in [0.717, 1.165) is 19.3 Å². The standard InChI is InChI=1S/C9H19NO2/c1-3-7(12-2)8(11)9(6-10)4-5-9/h7-8,11H,3-6,10H2,1-2H3. The lowest BCUT2D eigenvalue weighted by Crippen LogP contribution is -2.39. The Hall–Kier alpha value is -0.120. The molecule has 0 radical (unpaired) electrons. The Kier molecular flexibility index (Phi) is 3.09. The Labute approximate surface area is 73.9 Å². The van der Waals surface area contributed by atoms with E-state index in [0.29, 0.717) is 6.54 Å². The predicted octanol–water partition coefficient (Wildman–Crippen LogP) is 0.511. The number of rotatable bonds is 5. The van der Waals surface area contributed by atoms with Gasteiger partial charge in [0.15, 0.2) is 0 Å². The Morgan fingerprint density at radius 2 is 2.17 bits per heavy atom. The second-order valence-electron chi connectivity index (χ2n) is 3.69. The molecular weight excluding hydrogens is 154 g/mol. The van der Waals surface area contributed by atoms with Crippen LogP contribution in [0.5, 0.6) is 0 Å². The number of methoxy groups -OCH3 is 1. The maximum Gasteiger partial charge on any atom is 0.0869 e. The smallest absolute Gasteiger partial charge is 0.0869 e. The largest absolute Gasteiger partial charge is 0.390 e. The van der Waals surface area contributed by atoms with Gasteiger partial charge in [-0.25, -0.2) is 0 Å². The third-order valence-electron chi connectivity index (χ3n) is 2.98. The van der Waals surface area contributed by atoms with Gasteiger partial charge in [-0.2, -0.15) is 0 Å². The average Bonchev–Trinajstić information content (AvgIpc) is 2.86. The zero-order chi connectivity index (χ0) is 9.19. The summed E-state index contributed by atoms with van der Waals surface area (Å²) in [6.45, 7) is 2.60. The van der Waals surface area contributed by atoms with Crippen molar-refractivity contribution in [1.82, 2.24) is 0 Å². The zero-order valence-electron chi connectivity index (χ0n) is 7.92. The maximum atomic E-state index is 9.89. The van der Waals surface area contributed by atoms with E-state index in [-0.39, 0.29) is 17.6 Å². The number of hydrogen-bond acceptors (Lipinski definition) is 3. The first-order valence-corrected chi connectivity index (χ1v) is 4.61. The molecule has 0 spiro atoms. The monoisotopic (exact) mass is 173 g/mol. The molecule has 0 aliphatic heterocycles. The van der Waals surface area contributed by atoms with Gasteiger partial charge in [-0.3, -0.25) is 0 Å². The van der Waals surface area contributed by atoms with Crippen LogP contribution < -0.4 is 5.73 Å². The van der Waals surface area contributed by atoms with Crippen molar-refractivity contribution in [3.63, 3.8) is 0 Å². The van der Waals surface area contributed by atoms with Crippen molar-refractivity contribution in [2.24, 2.45) is 11.1 Å². The van der Waals surface area contributed by atoms with Gasteiger partial charge < -0.3 is 15.6 Å². The van der Waals surface area contributed by atoms with Crippen molar-refractivity contribution < 1.29 is 9.84 Å². The third kappa shape index (κ3) is 1.63. The molecule has 0 saturated heterocycles. The molecule has 1 fully saturated rings. The lowest BCUT2D eigenvalue weighted by atomic mass is 9.93. The van der Waals surface area contributed by atoms with Crippen LogP contribution in [0.1, 0.15) is 26.2 Å². The molecule has 0 aromatic rings. The zero-order valence-corrected chi connectivity index (χ0v) is 7.92. The molecule has 1 rings (SSSR count). The van der Waals surface area contributed by atoms with Gasteiger partial charge in [0.2, 0.25) is 0 Å². The molecule has 12 heavy (non-hydrogen) atoms. The predicted molar refractivity (Wildman–Crippen MR) is 47.8 cm³/mol. The molecule has 3 heteroatoms. The van der Waals surface area contributed by atoms with Crippen LogP contribution >= 0.6 is 0 Å². The van der Waals surface area contributed by atoms with Gasteiger partial charge in [0.25, 0.3) is 0 Å². The summed E-state index contributed by atoms with van der Waals surface area (Å²) >= 11 is 0. The van der Waals surface area contributed by atoms with Gasteiger partial charge in [0.05, 0.1) is 12.2 Å². The molecule has 2 atom stereocenters. The van der Waals surface area contributed by atoms with Crippen LogP contribution in [-0.2, 0) is 4.74 Å². The number of ether oxygens (including phenoxy) is 1. The Morgan fingerprint density at radius 1 is 1.58 bits per heavy atom. The second kappa shape index (κ2) is 3.73. The third-order valence-corrected chi connectivity index (χ3v) is 2.98.